The lowest BCUT2D eigenvalue weighted by Crippen LogP contribution is -2.26. The highest BCUT2D eigenvalue weighted by Crippen LogP contribution is 2.34. The number of aliphatic hydroxyl groups excluding tert-OH is 1. The van der Waals surface area contributed by atoms with E-state index in [-0.39, 0.29) is 6.10 Å². The van der Waals surface area contributed by atoms with Crippen LogP contribution in [0.1, 0.15) is 51.9 Å². The van der Waals surface area contributed by atoms with Crippen LogP contribution in [0.3, 0.4) is 0 Å². The van der Waals surface area contributed by atoms with E-state index in [9.17, 15) is 5.11 Å². The molecule has 3 unspecified atom stereocenters. The van der Waals surface area contributed by atoms with E-state index in [4.69, 9.17) is 0 Å². The van der Waals surface area contributed by atoms with E-state index in [1.165, 1.54) is 12.8 Å². The molecule has 0 amide bonds. The van der Waals surface area contributed by atoms with Gasteiger partial charge in [-0.05, 0) is 32.1 Å². The Morgan fingerprint density at radius 1 is 1.47 bits per heavy atom. The highest BCUT2D eigenvalue weighted by atomic mass is 16.3. The van der Waals surface area contributed by atoms with Gasteiger partial charge in [-0.1, -0.05) is 19.8 Å². The van der Waals surface area contributed by atoms with Gasteiger partial charge in [0.25, 0.3) is 0 Å². The Balaban J connectivity index is 2.02. The normalized spacial score (nSPS) is 26.6. The summed E-state index contributed by atoms with van der Waals surface area (Å²) < 4.78 is 1.91. The van der Waals surface area contributed by atoms with Gasteiger partial charge in [-0.25, -0.2) is 9.67 Å². The smallest absolute Gasteiger partial charge is 0.138 e. The molecule has 1 heterocycles. The first-order valence-corrected chi connectivity index (χ1v) is 6.66. The third-order valence-corrected chi connectivity index (χ3v) is 3.95. The van der Waals surface area contributed by atoms with Gasteiger partial charge in [0.1, 0.15) is 12.2 Å². The Kier molecular flexibility index (Phi) is 3.82. The summed E-state index contributed by atoms with van der Waals surface area (Å²) in [5.74, 6) is 1.99. The van der Waals surface area contributed by atoms with Crippen molar-refractivity contribution in [2.24, 2.45) is 11.8 Å². The molecule has 3 atom stereocenters. The molecule has 1 aliphatic carbocycles. The molecule has 17 heavy (non-hydrogen) atoms. The SMILES string of the molecule is CC1CCCC1C(O)Cc1ncnn1C(C)C. The summed E-state index contributed by atoms with van der Waals surface area (Å²) >= 11 is 0. The van der Waals surface area contributed by atoms with E-state index in [0.717, 1.165) is 12.2 Å². The minimum Gasteiger partial charge on any atom is -0.392 e. The number of hydrogen-bond donors (Lipinski definition) is 1. The Labute approximate surface area is 103 Å². The quantitative estimate of drug-likeness (QED) is 0.873. The molecule has 1 N–H and O–H groups in total. The highest BCUT2D eigenvalue weighted by molar-refractivity contribution is 4.92. The van der Waals surface area contributed by atoms with Crippen LogP contribution in [0, 0.1) is 11.8 Å². The average Bonchev–Trinajstić information content (AvgIpc) is 2.86. The predicted octanol–water partition coefficient (Wildman–Crippen LogP) is 2.20. The molecule has 0 aliphatic heterocycles. The van der Waals surface area contributed by atoms with Crippen molar-refractivity contribution in [3.05, 3.63) is 12.2 Å². The zero-order chi connectivity index (χ0) is 12.4. The topological polar surface area (TPSA) is 50.9 Å². The van der Waals surface area contributed by atoms with E-state index in [2.05, 4.69) is 30.9 Å². The second kappa shape index (κ2) is 5.17. The first-order valence-electron chi connectivity index (χ1n) is 6.66. The number of rotatable bonds is 4. The Morgan fingerprint density at radius 2 is 2.24 bits per heavy atom. The van der Waals surface area contributed by atoms with Crippen LogP contribution in [0.5, 0.6) is 0 Å². The maximum Gasteiger partial charge on any atom is 0.138 e. The number of hydrogen-bond acceptors (Lipinski definition) is 3. The molecule has 96 valence electrons. The molecule has 1 aromatic rings. The van der Waals surface area contributed by atoms with Crippen LogP contribution in [0.15, 0.2) is 6.33 Å². The van der Waals surface area contributed by atoms with Crippen molar-refractivity contribution in [3.8, 4) is 0 Å². The lowest BCUT2D eigenvalue weighted by atomic mass is 9.90. The molecular weight excluding hydrogens is 214 g/mol. The van der Waals surface area contributed by atoms with Crippen LogP contribution in [0.25, 0.3) is 0 Å². The van der Waals surface area contributed by atoms with Crippen LogP contribution >= 0.6 is 0 Å². The average molecular weight is 237 g/mol. The van der Waals surface area contributed by atoms with Crippen molar-refractivity contribution >= 4 is 0 Å². The summed E-state index contributed by atoms with van der Waals surface area (Å²) in [5.41, 5.74) is 0. The molecule has 1 saturated carbocycles. The Hall–Kier alpha value is -0.900. The second-order valence-electron chi connectivity index (χ2n) is 5.56. The van der Waals surface area contributed by atoms with Gasteiger partial charge in [0.15, 0.2) is 0 Å². The molecule has 0 aromatic carbocycles. The van der Waals surface area contributed by atoms with Gasteiger partial charge in [-0.3, -0.25) is 0 Å². The van der Waals surface area contributed by atoms with Crippen LogP contribution < -0.4 is 0 Å². The maximum absolute atomic E-state index is 10.3. The van der Waals surface area contributed by atoms with Crippen LogP contribution in [-0.4, -0.2) is 26.0 Å². The van der Waals surface area contributed by atoms with E-state index in [1.54, 1.807) is 6.33 Å². The second-order valence-corrected chi connectivity index (χ2v) is 5.56. The molecule has 0 saturated heterocycles. The van der Waals surface area contributed by atoms with Crippen molar-refractivity contribution in [3.63, 3.8) is 0 Å². The lowest BCUT2D eigenvalue weighted by Gasteiger charge is -2.22. The molecule has 0 bridgehead atoms. The lowest BCUT2D eigenvalue weighted by molar-refractivity contribution is 0.0869. The summed E-state index contributed by atoms with van der Waals surface area (Å²) in [6.45, 7) is 6.42. The van der Waals surface area contributed by atoms with Gasteiger partial charge in [-0.15, -0.1) is 0 Å². The van der Waals surface area contributed by atoms with Gasteiger partial charge >= 0.3 is 0 Å². The zero-order valence-corrected chi connectivity index (χ0v) is 11.0. The predicted molar refractivity (Wildman–Crippen MR) is 66.6 cm³/mol. The monoisotopic (exact) mass is 237 g/mol. The summed E-state index contributed by atoms with van der Waals surface area (Å²) in [4.78, 5) is 4.27. The van der Waals surface area contributed by atoms with Crippen molar-refractivity contribution in [2.45, 2.75) is 58.6 Å². The van der Waals surface area contributed by atoms with Gasteiger partial charge < -0.3 is 5.11 Å². The van der Waals surface area contributed by atoms with E-state index in [0.29, 0.717) is 24.3 Å². The molecule has 1 fully saturated rings. The fourth-order valence-electron chi connectivity index (χ4n) is 2.94. The molecule has 0 spiro atoms. The zero-order valence-electron chi connectivity index (χ0n) is 11.0. The van der Waals surface area contributed by atoms with Crippen molar-refractivity contribution < 1.29 is 5.11 Å². The Morgan fingerprint density at radius 3 is 2.82 bits per heavy atom. The number of aliphatic hydroxyl groups is 1. The summed E-state index contributed by atoms with van der Waals surface area (Å²) in [7, 11) is 0. The third-order valence-electron chi connectivity index (χ3n) is 3.95. The van der Waals surface area contributed by atoms with Gasteiger partial charge in [0, 0.05) is 12.5 Å². The number of aromatic nitrogens is 3. The summed E-state index contributed by atoms with van der Waals surface area (Å²) in [6, 6.07) is 0.306. The molecule has 4 nitrogen and oxygen atoms in total. The molecular formula is C13H23N3O. The molecule has 1 aromatic heterocycles. The summed E-state index contributed by atoms with van der Waals surface area (Å²) in [6.07, 6.45) is 5.60. The molecule has 4 heteroatoms. The molecule has 0 radical (unpaired) electrons. The first kappa shape index (κ1) is 12.6. The first-order chi connectivity index (χ1) is 8.09. The summed E-state index contributed by atoms with van der Waals surface area (Å²) in [5, 5.41) is 14.5. The van der Waals surface area contributed by atoms with Crippen molar-refractivity contribution in [2.75, 3.05) is 0 Å². The van der Waals surface area contributed by atoms with Crippen LogP contribution in [0.2, 0.25) is 0 Å². The minimum absolute atomic E-state index is 0.269. The van der Waals surface area contributed by atoms with E-state index in [1.807, 2.05) is 4.68 Å². The van der Waals surface area contributed by atoms with Crippen LogP contribution in [0.4, 0.5) is 0 Å². The van der Waals surface area contributed by atoms with Gasteiger partial charge in [0.05, 0.1) is 6.10 Å². The fraction of sp³-hybridized carbons (Fsp3) is 0.846. The minimum atomic E-state index is -0.269. The van der Waals surface area contributed by atoms with Gasteiger partial charge in [0.2, 0.25) is 0 Å². The van der Waals surface area contributed by atoms with Crippen molar-refractivity contribution in [1.29, 1.82) is 0 Å². The highest BCUT2D eigenvalue weighted by Gasteiger charge is 2.30. The van der Waals surface area contributed by atoms with Gasteiger partial charge in [-0.2, -0.15) is 5.10 Å². The largest absolute Gasteiger partial charge is 0.392 e. The van der Waals surface area contributed by atoms with Crippen LogP contribution in [-0.2, 0) is 6.42 Å². The standard InChI is InChI=1S/C13H23N3O/c1-9(2)16-13(14-8-15-16)7-12(17)11-6-4-5-10(11)3/h8-12,17H,4-7H2,1-3H3. The fourth-order valence-corrected chi connectivity index (χ4v) is 2.94. The maximum atomic E-state index is 10.3. The number of nitrogens with zero attached hydrogens (tertiary/aromatic N) is 3. The molecule has 2 rings (SSSR count). The van der Waals surface area contributed by atoms with E-state index < -0.39 is 0 Å². The van der Waals surface area contributed by atoms with E-state index >= 15 is 0 Å². The molecule has 1 aliphatic rings. The Bertz CT molecular complexity index is 361. The van der Waals surface area contributed by atoms with Crippen molar-refractivity contribution in [1.82, 2.24) is 14.8 Å². The third kappa shape index (κ3) is 2.68.